The van der Waals surface area contributed by atoms with Crippen molar-refractivity contribution in [3.8, 4) is 0 Å². The van der Waals surface area contributed by atoms with E-state index in [0.29, 0.717) is 23.0 Å². The molecular formula is C25H32N6O2. The molecule has 0 aliphatic carbocycles. The lowest BCUT2D eigenvalue weighted by atomic mass is 10.1. The van der Waals surface area contributed by atoms with Crippen molar-refractivity contribution in [1.29, 1.82) is 0 Å². The highest BCUT2D eigenvalue weighted by molar-refractivity contribution is 5.97. The maximum absolute atomic E-state index is 13.3. The van der Waals surface area contributed by atoms with Gasteiger partial charge in [0.1, 0.15) is 5.82 Å². The van der Waals surface area contributed by atoms with Crippen molar-refractivity contribution in [3.05, 3.63) is 57.9 Å². The van der Waals surface area contributed by atoms with E-state index in [4.69, 9.17) is 4.98 Å². The molecule has 1 amide bonds. The molecule has 8 heteroatoms. The zero-order valence-electron chi connectivity index (χ0n) is 19.4. The van der Waals surface area contributed by atoms with Gasteiger partial charge in [0.25, 0.3) is 11.5 Å². The number of carbonyl (C=O) groups excluding carboxylic acids is 1. The first-order chi connectivity index (χ1) is 16.1. The highest BCUT2D eigenvalue weighted by Crippen LogP contribution is 2.18. The van der Waals surface area contributed by atoms with E-state index >= 15 is 0 Å². The Morgan fingerprint density at radius 3 is 2.73 bits per heavy atom. The van der Waals surface area contributed by atoms with Gasteiger partial charge in [-0.2, -0.15) is 5.10 Å². The first-order valence-corrected chi connectivity index (χ1v) is 12.1. The molecule has 33 heavy (non-hydrogen) atoms. The first kappa shape index (κ1) is 21.8. The number of benzene rings is 1. The quantitative estimate of drug-likeness (QED) is 0.616. The van der Waals surface area contributed by atoms with E-state index < -0.39 is 0 Å². The minimum atomic E-state index is 0.0220. The fraction of sp³-hybridized carbons (Fsp3) is 0.520. The zero-order valence-corrected chi connectivity index (χ0v) is 19.4. The number of aryl methyl sites for hydroxylation is 2. The third-order valence-corrected chi connectivity index (χ3v) is 6.85. The Balaban J connectivity index is 1.33. The lowest BCUT2D eigenvalue weighted by Crippen LogP contribution is -2.35. The van der Waals surface area contributed by atoms with Crippen molar-refractivity contribution < 1.29 is 4.79 Å². The third kappa shape index (κ3) is 4.71. The normalized spacial score (nSPS) is 17.9. The van der Waals surface area contributed by atoms with Crippen LogP contribution in [0.3, 0.4) is 0 Å². The predicted octanol–water partition coefficient (Wildman–Crippen LogP) is 2.59. The molecule has 174 valence electrons. The molecule has 2 aromatic heterocycles. The fourth-order valence-electron chi connectivity index (χ4n) is 5.05. The van der Waals surface area contributed by atoms with Crippen LogP contribution in [0.25, 0.3) is 10.9 Å². The number of nitrogens with zero attached hydrogens (tertiary/aromatic N) is 6. The van der Waals surface area contributed by atoms with Gasteiger partial charge in [-0.25, -0.2) is 4.98 Å². The summed E-state index contributed by atoms with van der Waals surface area (Å²) in [5.74, 6) is 0.881. The molecule has 2 aliphatic heterocycles. The highest BCUT2D eigenvalue weighted by atomic mass is 16.2. The van der Waals surface area contributed by atoms with Crippen LogP contribution in [0.5, 0.6) is 0 Å². The Morgan fingerprint density at radius 2 is 1.88 bits per heavy atom. The Bertz CT molecular complexity index is 1210. The second-order valence-electron chi connectivity index (χ2n) is 9.33. The van der Waals surface area contributed by atoms with Crippen LogP contribution >= 0.6 is 0 Å². The predicted molar refractivity (Wildman–Crippen MR) is 127 cm³/mol. The Morgan fingerprint density at radius 1 is 1.00 bits per heavy atom. The standard InChI is InChI=1S/C25H32N6O2/c1-28-17-19(16-26-28)18-29-10-6-11-30(14-13-29)24(32)20-8-9-21-22(15-20)27-23-7-4-2-3-5-12-31(23)25(21)33/h8-9,15-17H,2-7,10-14,18H2,1H3. The van der Waals surface area contributed by atoms with Gasteiger partial charge in [-0.3, -0.25) is 23.7 Å². The van der Waals surface area contributed by atoms with E-state index in [1.54, 1.807) is 12.1 Å². The van der Waals surface area contributed by atoms with Crippen LogP contribution < -0.4 is 5.56 Å². The van der Waals surface area contributed by atoms with Gasteiger partial charge in [0, 0.05) is 70.1 Å². The minimum Gasteiger partial charge on any atom is -0.337 e. The molecule has 0 unspecified atom stereocenters. The van der Waals surface area contributed by atoms with Gasteiger partial charge in [0.15, 0.2) is 0 Å². The molecular weight excluding hydrogens is 416 g/mol. The third-order valence-electron chi connectivity index (χ3n) is 6.85. The van der Waals surface area contributed by atoms with Crippen molar-refractivity contribution in [2.45, 2.75) is 51.6 Å². The number of aromatic nitrogens is 4. The second-order valence-corrected chi connectivity index (χ2v) is 9.33. The number of rotatable bonds is 3. The van der Waals surface area contributed by atoms with E-state index in [1.165, 1.54) is 12.0 Å². The minimum absolute atomic E-state index is 0.0220. The number of fused-ring (bicyclic) bond motifs is 2. The molecule has 0 bridgehead atoms. The molecule has 3 aromatic rings. The molecule has 0 N–H and O–H groups in total. The summed E-state index contributed by atoms with van der Waals surface area (Å²) < 4.78 is 3.66. The summed E-state index contributed by atoms with van der Waals surface area (Å²) >= 11 is 0. The number of carbonyl (C=O) groups is 1. The number of hydrogen-bond acceptors (Lipinski definition) is 5. The van der Waals surface area contributed by atoms with Crippen molar-refractivity contribution in [2.75, 3.05) is 26.2 Å². The molecule has 1 aromatic carbocycles. The number of hydrogen-bond donors (Lipinski definition) is 0. The van der Waals surface area contributed by atoms with Crippen LogP contribution in [0.4, 0.5) is 0 Å². The summed E-state index contributed by atoms with van der Waals surface area (Å²) in [7, 11) is 1.93. The molecule has 8 nitrogen and oxygen atoms in total. The lowest BCUT2D eigenvalue weighted by molar-refractivity contribution is 0.0761. The van der Waals surface area contributed by atoms with E-state index in [2.05, 4.69) is 10.00 Å². The van der Waals surface area contributed by atoms with Gasteiger partial charge in [0.05, 0.1) is 17.1 Å². The zero-order chi connectivity index (χ0) is 22.8. The first-order valence-electron chi connectivity index (χ1n) is 12.1. The van der Waals surface area contributed by atoms with Gasteiger partial charge >= 0.3 is 0 Å². The summed E-state index contributed by atoms with van der Waals surface area (Å²) in [6, 6.07) is 5.40. The summed E-state index contributed by atoms with van der Waals surface area (Å²) in [5.41, 5.74) is 2.48. The van der Waals surface area contributed by atoms with Crippen molar-refractivity contribution >= 4 is 16.8 Å². The monoisotopic (exact) mass is 448 g/mol. The van der Waals surface area contributed by atoms with Crippen LogP contribution in [0.1, 0.15) is 53.8 Å². The van der Waals surface area contributed by atoms with Crippen LogP contribution in [0, 0.1) is 0 Å². The van der Waals surface area contributed by atoms with E-state index in [-0.39, 0.29) is 11.5 Å². The van der Waals surface area contributed by atoms with Crippen molar-refractivity contribution in [2.24, 2.45) is 7.05 Å². The van der Waals surface area contributed by atoms with Crippen LogP contribution in [-0.4, -0.2) is 61.2 Å². The van der Waals surface area contributed by atoms with E-state index in [1.807, 2.05) is 39.7 Å². The van der Waals surface area contributed by atoms with Crippen molar-refractivity contribution in [1.82, 2.24) is 29.1 Å². The molecule has 0 saturated carbocycles. The van der Waals surface area contributed by atoms with Gasteiger partial charge in [-0.15, -0.1) is 0 Å². The summed E-state index contributed by atoms with van der Waals surface area (Å²) in [5, 5.41) is 4.86. The summed E-state index contributed by atoms with van der Waals surface area (Å²) in [6.07, 6.45) is 10.1. The molecule has 1 saturated heterocycles. The summed E-state index contributed by atoms with van der Waals surface area (Å²) in [4.78, 5) is 35.5. The SMILES string of the molecule is Cn1cc(CN2CCCN(C(=O)c3ccc4c(=O)n5c(nc4c3)CCCCCC5)CC2)cn1. The molecule has 0 radical (unpaired) electrons. The Hall–Kier alpha value is -3.00. The molecule has 2 aliphatic rings. The molecule has 1 fully saturated rings. The van der Waals surface area contributed by atoms with Gasteiger partial charge < -0.3 is 4.90 Å². The Labute approximate surface area is 193 Å². The van der Waals surface area contributed by atoms with Crippen LogP contribution in [0.2, 0.25) is 0 Å². The largest absolute Gasteiger partial charge is 0.337 e. The molecule has 0 spiro atoms. The number of amides is 1. The van der Waals surface area contributed by atoms with E-state index in [9.17, 15) is 9.59 Å². The Kier molecular flexibility index (Phi) is 6.26. The smallest absolute Gasteiger partial charge is 0.261 e. The topological polar surface area (TPSA) is 76.3 Å². The van der Waals surface area contributed by atoms with Crippen LogP contribution in [-0.2, 0) is 26.6 Å². The van der Waals surface area contributed by atoms with Crippen LogP contribution in [0.15, 0.2) is 35.4 Å². The molecule has 4 heterocycles. The maximum Gasteiger partial charge on any atom is 0.261 e. The average molecular weight is 449 g/mol. The maximum atomic E-state index is 13.3. The lowest BCUT2D eigenvalue weighted by Gasteiger charge is -2.22. The molecule has 0 atom stereocenters. The average Bonchev–Trinajstić information content (AvgIpc) is 3.06. The highest BCUT2D eigenvalue weighted by Gasteiger charge is 2.22. The molecule has 5 rings (SSSR count). The van der Waals surface area contributed by atoms with Gasteiger partial charge in [-0.1, -0.05) is 12.8 Å². The van der Waals surface area contributed by atoms with Crippen molar-refractivity contribution in [3.63, 3.8) is 0 Å². The van der Waals surface area contributed by atoms with E-state index in [0.717, 1.165) is 70.7 Å². The summed E-state index contributed by atoms with van der Waals surface area (Å²) in [6.45, 7) is 4.81. The second kappa shape index (κ2) is 9.47. The van der Waals surface area contributed by atoms with Gasteiger partial charge in [0.2, 0.25) is 0 Å². The van der Waals surface area contributed by atoms with Gasteiger partial charge in [-0.05, 0) is 37.5 Å². The fourth-order valence-corrected chi connectivity index (χ4v) is 5.05.